The highest BCUT2D eigenvalue weighted by Crippen LogP contribution is 2.34. The van der Waals surface area contributed by atoms with Crippen LogP contribution in [0.15, 0.2) is 29.2 Å². The van der Waals surface area contributed by atoms with Gasteiger partial charge >= 0.3 is 0 Å². The summed E-state index contributed by atoms with van der Waals surface area (Å²) in [6, 6.07) is 9.11. The van der Waals surface area contributed by atoms with Gasteiger partial charge in [0.15, 0.2) is 0 Å². The molecule has 70 valence electrons. The summed E-state index contributed by atoms with van der Waals surface area (Å²) in [5, 5.41) is 0. The van der Waals surface area contributed by atoms with E-state index < -0.39 is 0 Å². The zero-order valence-electron chi connectivity index (χ0n) is 8.12. The molecule has 0 aliphatic heterocycles. The monoisotopic (exact) mass is 192 g/mol. The van der Waals surface area contributed by atoms with Crippen LogP contribution in [0.5, 0.6) is 0 Å². The van der Waals surface area contributed by atoms with Crippen molar-refractivity contribution in [3.63, 3.8) is 0 Å². The minimum Gasteiger partial charge on any atom is -0.130 e. The lowest BCUT2D eigenvalue weighted by molar-refractivity contribution is 0.722. The van der Waals surface area contributed by atoms with E-state index in [2.05, 4.69) is 30.5 Å². The molecule has 1 aromatic rings. The van der Waals surface area contributed by atoms with Gasteiger partial charge in [-0.05, 0) is 42.7 Å². The highest BCUT2D eigenvalue weighted by molar-refractivity contribution is 7.98. The van der Waals surface area contributed by atoms with E-state index in [9.17, 15) is 0 Å². The molecule has 1 aliphatic carbocycles. The average molecular weight is 192 g/mol. The highest BCUT2D eigenvalue weighted by atomic mass is 32.2. The van der Waals surface area contributed by atoms with Crippen LogP contribution < -0.4 is 0 Å². The SMILES string of the molecule is CSc1ccc(C2CCCC2)cc1. The second-order valence-electron chi connectivity index (χ2n) is 3.75. The minimum absolute atomic E-state index is 0.857. The fourth-order valence-electron chi connectivity index (χ4n) is 2.14. The second kappa shape index (κ2) is 4.19. The van der Waals surface area contributed by atoms with Crippen LogP contribution in [0.3, 0.4) is 0 Å². The van der Waals surface area contributed by atoms with Crippen LogP contribution >= 0.6 is 11.8 Å². The molecule has 13 heavy (non-hydrogen) atoms. The molecule has 0 N–H and O–H groups in total. The first-order valence-electron chi connectivity index (χ1n) is 5.04. The van der Waals surface area contributed by atoms with E-state index in [4.69, 9.17) is 0 Å². The topological polar surface area (TPSA) is 0 Å². The van der Waals surface area contributed by atoms with Gasteiger partial charge in [0.25, 0.3) is 0 Å². The number of hydrogen-bond donors (Lipinski definition) is 0. The van der Waals surface area contributed by atoms with Gasteiger partial charge in [-0.25, -0.2) is 0 Å². The quantitative estimate of drug-likeness (QED) is 0.637. The smallest absolute Gasteiger partial charge is 0.00693 e. The minimum atomic E-state index is 0.857. The van der Waals surface area contributed by atoms with Gasteiger partial charge in [-0.2, -0.15) is 0 Å². The molecule has 0 nitrogen and oxygen atoms in total. The first kappa shape index (κ1) is 9.14. The Morgan fingerprint density at radius 2 is 1.69 bits per heavy atom. The van der Waals surface area contributed by atoms with E-state index in [1.165, 1.54) is 30.6 Å². The molecule has 0 unspecified atom stereocenters. The van der Waals surface area contributed by atoms with Gasteiger partial charge in [-0.15, -0.1) is 11.8 Å². The van der Waals surface area contributed by atoms with Crippen molar-refractivity contribution < 1.29 is 0 Å². The van der Waals surface area contributed by atoms with Gasteiger partial charge in [0.2, 0.25) is 0 Å². The van der Waals surface area contributed by atoms with Gasteiger partial charge in [0.05, 0.1) is 0 Å². The van der Waals surface area contributed by atoms with Gasteiger partial charge in [0, 0.05) is 4.90 Å². The van der Waals surface area contributed by atoms with Crippen LogP contribution in [0.2, 0.25) is 0 Å². The molecule has 0 aromatic heterocycles. The fourth-order valence-corrected chi connectivity index (χ4v) is 2.54. The summed E-state index contributed by atoms with van der Waals surface area (Å²) in [5.74, 6) is 0.857. The number of rotatable bonds is 2. The van der Waals surface area contributed by atoms with E-state index in [-0.39, 0.29) is 0 Å². The molecule has 1 saturated carbocycles. The molecule has 1 aromatic carbocycles. The van der Waals surface area contributed by atoms with E-state index in [0.717, 1.165) is 5.92 Å². The van der Waals surface area contributed by atoms with Crippen molar-refractivity contribution in [3.05, 3.63) is 29.8 Å². The van der Waals surface area contributed by atoms with Crippen molar-refractivity contribution >= 4 is 11.8 Å². The Balaban J connectivity index is 2.12. The standard InChI is InChI=1S/C12H16S/c1-13-12-8-6-11(7-9-12)10-4-2-3-5-10/h6-10H,2-5H2,1H3. The second-order valence-corrected chi connectivity index (χ2v) is 4.63. The molecule has 2 rings (SSSR count). The summed E-state index contributed by atoms with van der Waals surface area (Å²) >= 11 is 1.82. The lowest BCUT2D eigenvalue weighted by atomic mass is 9.98. The zero-order valence-corrected chi connectivity index (χ0v) is 8.94. The molecular formula is C12H16S. The van der Waals surface area contributed by atoms with Crippen LogP contribution in [0.1, 0.15) is 37.2 Å². The van der Waals surface area contributed by atoms with E-state index >= 15 is 0 Å². The fraction of sp³-hybridized carbons (Fsp3) is 0.500. The number of hydrogen-bond acceptors (Lipinski definition) is 1. The average Bonchev–Trinajstić information content (AvgIpc) is 2.71. The van der Waals surface area contributed by atoms with Crippen LogP contribution in [-0.2, 0) is 0 Å². The third kappa shape index (κ3) is 2.08. The summed E-state index contributed by atoms with van der Waals surface area (Å²) in [7, 11) is 0. The largest absolute Gasteiger partial charge is 0.130 e. The summed E-state index contributed by atoms with van der Waals surface area (Å²) in [6.45, 7) is 0. The summed E-state index contributed by atoms with van der Waals surface area (Å²) < 4.78 is 0. The van der Waals surface area contributed by atoms with Gasteiger partial charge in [-0.3, -0.25) is 0 Å². The van der Waals surface area contributed by atoms with Crippen LogP contribution in [0.4, 0.5) is 0 Å². The molecular weight excluding hydrogens is 176 g/mol. The van der Waals surface area contributed by atoms with Crippen LogP contribution in [0.25, 0.3) is 0 Å². The molecule has 0 atom stereocenters. The first-order valence-corrected chi connectivity index (χ1v) is 6.26. The first-order chi connectivity index (χ1) is 6.40. The van der Waals surface area contributed by atoms with Crippen molar-refractivity contribution in [1.29, 1.82) is 0 Å². The Morgan fingerprint density at radius 1 is 1.08 bits per heavy atom. The maximum Gasteiger partial charge on any atom is 0.00693 e. The maximum atomic E-state index is 2.31. The summed E-state index contributed by atoms with van der Waals surface area (Å²) in [4.78, 5) is 1.38. The number of thioether (sulfide) groups is 1. The Morgan fingerprint density at radius 3 is 2.23 bits per heavy atom. The maximum absolute atomic E-state index is 2.31. The van der Waals surface area contributed by atoms with E-state index in [1.54, 1.807) is 5.56 Å². The third-order valence-electron chi connectivity index (χ3n) is 2.94. The van der Waals surface area contributed by atoms with Gasteiger partial charge in [-0.1, -0.05) is 25.0 Å². The van der Waals surface area contributed by atoms with Crippen molar-refractivity contribution in [1.82, 2.24) is 0 Å². The molecule has 0 spiro atoms. The third-order valence-corrected chi connectivity index (χ3v) is 3.69. The van der Waals surface area contributed by atoms with Crippen LogP contribution in [-0.4, -0.2) is 6.26 Å². The molecule has 1 heteroatoms. The van der Waals surface area contributed by atoms with Crippen LogP contribution in [0, 0.1) is 0 Å². The molecule has 0 radical (unpaired) electrons. The van der Waals surface area contributed by atoms with E-state index in [0.29, 0.717) is 0 Å². The van der Waals surface area contributed by atoms with Gasteiger partial charge in [0.1, 0.15) is 0 Å². The molecule has 0 heterocycles. The van der Waals surface area contributed by atoms with Gasteiger partial charge < -0.3 is 0 Å². The van der Waals surface area contributed by atoms with E-state index in [1.807, 2.05) is 11.8 Å². The van der Waals surface area contributed by atoms with Crippen molar-refractivity contribution in [2.75, 3.05) is 6.26 Å². The lowest BCUT2D eigenvalue weighted by Crippen LogP contribution is -1.90. The summed E-state index contributed by atoms with van der Waals surface area (Å²) in [6.07, 6.45) is 7.78. The lowest BCUT2D eigenvalue weighted by Gasteiger charge is -2.09. The van der Waals surface area contributed by atoms with Crippen molar-refractivity contribution in [3.8, 4) is 0 Å². The Bertz CT molecular complexity index is 257. The van der Waals surface area contributed by atoms with Crippen molar-refractivity contribution in [2.24, 2.45) is 0 Å². The molecule has 0 saturated heterocycles. The molecule has 1 aliphatic rings. The summed E-state index contributed by atoms with van der Waals surface area (Å²) in [5.41, 5.74) is 1.55. The highest BCUT2D eigenvalue weighted by Gasteiger charge is 2.16. The normalized spacial score (nSPS) is 17.9. The molecule has 0 bridgehead atoms. The molecule has 1 fully saturated rings. The molecule has 0 amide bonds. The Labute approximate surface area is 84.7 Å². The van der Waals surface area contributed by atoms with Crippen molar-refractivity contribution in [2.45, 2.75) is 36.5 Å². The predicted molar refractivity (Wildman–Crippen MR) is 59.4 cm³/mol. The Hall–Kier alpha value is -0.430. The number of benzene rings is 1. The Kier molecular flexibility index (Phi) is 2.94. The zero-order chi connectivity index (χ0) is 9.10. The predicted octanol–water partition coefficient (Wildman–Crippen LogP) is 4.07.